The molecular weight excluding hydrogens is 326 g/mol. The molecule has 0 saturated carbocycles. The minimum atomic E-state index is -0.370. The number of para-hydroxylation sites is 1. The lowest BCUT2D eigenvalue weighted by Crippen LogP contribution is -2.34. The zero-order chi connectivity index (χ0) is 17.5. The van der Waals surface area contributed by atoms with Gasteiger partial charge in [0, 0.05) is 23.7 Å². The van der Waals surface area contributed by atoms with E-state index in [0.717, 1.165) is 34.7 Å². The molecule has 2 unspecified atom stereocenters. The Morgan fingerprint density at radius 3 is 2.73 bits per heavy atom. The van der Waals surface area contributed by atoms with Gasteiger partial charge in [0.2, 0.25) is 6.23 Å². The van der Waals surface area contributed by atoms with Crippen molar-refractivity contribution in [2.75, 3.05) is 0 Å². The van der Waals surface area contributed by atoms with Crippen molar-refractivity contribution in [3.63, 3.8) is 0 Å². The van der Waals surface area contributed by atoms with Crippen molar-refractivity contribution in [1.82, 2.24) is 9.99 Å². The highest BCUT2D eigenvalue weighted by Crippen LogP contribution is 2.47. The van der Waals surface area contributed by atoms with Gasteiger partial charge in [-0.05, 0) is 30.3 Å². The second-order valence-corrected chi connectivity index (χ2v) is 6.46. The summed E-state index contributed by atoms with van der Waals surface area (Å²) in [4.78, 5) is 4.47. The maximum atomic E-state index is 9.82. The van der Waals surface area contributed by atoms with Crippen molar-refractivity contribution >= 4 is 5.71 Å². The van der Waals surface area contributed by atoms with Crippen LogP contribution in [0.25, 0.3) is 0 Å². The highest BCUT2D eigenvalue weighted by atomic mass is 16.5. The van der Waals surface area contributed by atoms with Crippen LogP contribution in [0, 0.1) is 0 Å². The van der Waals surface area contributed by atoms with E-state index in [-0.39, 0.29) is 18.0 Å². The van der Waals surface area contributed by atoms with Crippen molar-refractivity contribution in [3.8, 4) is 11.5 Å². The van der Waals surface area contributed by atoms with E-state index in [4.69, 9.17) is 9.84 Å². The largest absolute Gasteiger partial charge is 0.508 e. The molecule has 2 aliphatic rings. The van der Waals surface area contributed by atoms with Crippen molar-refractivity contribution in [2.24, 2.45) is 5.10 Å². The Bertz CT molecular complexity index is 987. The third-order valence-corrected chi connectivity index (χ3v) is 4.82. The molecule has 5 rings (SSSR count). The fourth-order valence-electron chi connectivity index (χ4n) is 3.61. The molecule has 3 aromatic rings. The van der Waals surface area contributed by atoms with Gasteiger partial charge >= 0.3 is 0 Å². The molecule has 0 radical (unpaired) electrons. The number of hydrogen-bond donors (Lipinski definition) is 1. The lowest BCUT2D eigenvalue weighted by atomic mass is 9.96. The minimum Gasteiger partial charge on any atom is -0.508 e. The minimum absolute atomic E-state index is 0.0873. The van der Waals surface area contributed by atoms with Gasteiger partial charge in [-0.15, -0.1) is 0 Å². The molecule has 0 saturated heterocycles. The fourth-order valence-corrected chi connectivity index (χ4v) is 3.61. The molecule has 2 aliphatic heterocycles. The first-order chi connectivity index (χ1) is 12.8. The van der Waals surface area contributed by atoms with Crippen molar-refractivity contribution in [3.05, 3.63) is 89.7 Å². The first-order valence-corrected chi connectivity index (χ1v) is 8.61. The number of hydrazone groups is 1. The van der Waals surface area contributed by atoms with E-state index in [1.807, 2.05) is 53.5 Å². The van der Waals surface area contributed by atoms with Gasteiger partial charge in [0.15, 0.2) is 0 Å². The van der Waals surface area contributed by atoms with E-state index < -0.39 is 0 Å². The zero-order valence-electron chi connectivity index (χ0n) is 14.0. The van der Waals surface area contributed by atoms with Gasteiger partial charge in [0.25, 0.3) is 0 Å². The number of nitrogens with zero attached hydrogens (tertiary/aromatic N) is 3. The Balaban J connectivity index is 1.60. The monoisotopic (exact) mass is 343 g/mol. The van der Waals surface area contributed by atoms with Crippen LogP contribution in [-0.4, -0.2) is 20.8 Å². The van der Waals surface area contributed by atoms with Crippen molar-refractivity contribution < 1.29 is 9.84 Å². The van der Waals surface area contributed by atoms with Gasteiger partial charge in [-0.2, -0.15) is 5.10 Å². The Morgan fingerprint density at radius 1 is 1.00 bits per heavy atom. The number of aromatic nitrogens is 1. The average Bonchev–Trinajstić information content (AvgIpc) is 3.14. The van der Waals surface area contributed by atoms with Crippen molar-refractivity contribution in [2.45, 2.75) is 18.7 Å². The number of benzene rings is 2. The highest BCUT2D eigenvalue weighted by molar-refractivity contribution is 6.02. The summed E-state index contributed by atoms with van der Waals surface area (Å²) in [5, 5.41) is 16.7. The Labute approximate surface area is 151 Å². The molecule has 26 heavy (non-hydrogen) atoms. The van der Waals surface area contributed by atoms with Crippen LogP contribution < -0.4 is 4.74 Å². The third kappa shape index (κ3) is 2.40. The molecule has 5 heteroatoms. The van der Waals surface area contributed by atoms with Crippen LogP contribution in [0.15, 0.2) is 78.0 Å². The normalized spacial score (nSPS) is 20.8. The number of phenols is 1. The third-order valence-electron chi connectivity index (χ3n) is 4.82. The highest BCUT2D eigenvalue weighted by Gasteiger charge is 2.41. The summed E-state index contributed by atoms with van der Waals surface area (Å²) < 4.78 is 6.25. The maximum Gasteiger partial charge on any atom is 0.230 e. The predicted octanol–water partition coefficient (Wildman–Crippen LogP) is 4.03. The topological polar surface area (TPSA) is 58.0 Å². The number of aromatic hydroxyl groups is 1. The van der Waals surface area contributed by atoms with Crippen LogP contribution in [0.2, 0.25) is 0 Å². The Hall–Kier alpha value is -3.34. The SMILES string of the molecule is Oc1cccc(C2=NN3C(C2)c2ccccc2OC3c2ccccn2)c1. The molecule has 3 heterocycles. The van der Waals surface area contributed by atoms with Gasteiger partial charge in [-0.1, -0.05) is 36.4 Å². The zero-order valence-corrected chi connectivity index (χ0v) is 14.0. The lowest BCUT2D eigenvalue weighted by molar-refractivity contribution is -0.0218. The van der Waals surface area contributed by atoms with Crippen LogP contribution in [-0.2, 0) is 0 Å². The summed E-state index contributed by atoms with van der Waals surface area (Å²) in [5.74, 6) is 1.12. The standard InChI is InChI=1S/C21H17N3O2/c25-15-7-5-6-14(12-15)18-13-19-16-8-1-2-10-20(16)26-21(24(19)23-18)17-9-3-4-11-22-17/h1-12,19,21,25H,13H2. The number of hydrogen-bond acceptors (Lipinski definition) is 5. The number of ether oxygens (including phenoxy) is 1. The van der Waals surface area contributed by atoms with Gasteiger partial charge in [-0.25, -0.2) is 5.01 Å². The van der Waals surface area contributed by atoms with E-state index in [2.05, 4.69) is 11.1 Å². The Kier molecular flexibility index (Phi) is 3.38. The fraction of sp³-hybridized carbons (Fsp3) is 0.143. The molecule has 5 nitrogen and oxygen atoms in total. The first-order valence-electron chi connectivity index (χ1n) is 8.61. The second-order valence-electron chi connectivity index (χ2n) is 6.46. The van der Waals surface area contributed by atoms with E-state index in [1.165, 1.54) is 0 Å². The molecule has 0 fully saturated rings. The number of phenolic OH excluding ortho intramolecular Hbond substituents is 1. The molecule has 1 N–H and O–H groups in total. The summed E-state index contributed by atoms with van der Waals surface area (Å²) in [5.41, 5.74) is 3.82. The van der Waals surface area contributed by atoms with Crippen molar-refractivity contribution in [1.29, 1.82) is 0 Å². The van der Waals surface area contributed by atoms with Crippen LogP contribution in [0.4, 0.5) is 0 Å². The molecule has 0 aliphatic carbocycles. The number of rotatable bonds is 2. The van der Waals surface area contributed by atoms with Crippen LogP contribution in [0.3, 0.4) is 0 Å². The molecule has 1 aromatic heterocycles. The molecule has 0 spiro atoms. The molecule has 0 bridgehead atoms. The maximum absolute atomic E-state index is 9.82. The number of fused-ring (bicyclic) bond motifs is 3. The average molecular weight is 343 g/mol. The van der Waals surface area contributed by atoms with E-state index in [1.54, 1.807) is 18.3 Å². The molecule has 2 atom stereocenters. The predicted molar refractivity (Wildman–Crippen MR) is 97.9 cm³/mol. The summed E-state index contributed by atoms with van der Waals surface area (Å²) in [6, 6.07) is 21.2. The van der Waals surface area contributed by atoms with E-state index >= 15 is 0 Å². The van der Waals surface area contributed by atoms with E-state index in [9.17, 15) is 5.11 Å². The summed E-state index contributed by atoms with van der Waals surface area (Å²) in [6.07, 6.45) is 2.16. The van der Waals surface area contributed by atoms with Gasteiger partial charge in [-0.3, -0.25) is 4.98 Å². The smallest absolute Gasteiger partial charge is 0.230 e. The number of pyridine rings is 1. The lowest BCUT2D eigenvalue weighted by Gasteiger charge is -2.37. The van der Waals surface area contributed by atoms with Gasteiger partial charge in [0.1, 0.15) is 17.2 Å². The van der Waals surface area contributed by atoms with Gasteiger partial charge in [0.05, 0.1) is 11.8 Å². The summed E-state index contributed by atoms with van der Waals surface area (Å²) in [7, 11) is 0. The van der Waals surface area contributed by atoms with Crippen LogP contribution in [0.1, 0.15) is 35.5 Å². The summed E-state index contributed by atoms with van der Waals surface area (Å²) >= 11 is 0. The first kappa shape index (κ1) is 15.0. The van der Waals surface area contributed by atoms with Gasteiger partial charge < -0.3 is 9.84 Å². The van der Waals surface area contributed by atoms with Crippen LogP contribution in [0.5, 0.6) is 11.5 Å². The summed E-state index contributed by atoms with van der Waals surface area (Å²) in [6.45, 7) is 0. The Morgan fingerprint density at radius 2 is 1.88 bits per heavy atom. The van der Waals surface area contributed by atoms with E-state index in [0.29, 0.717) is 0 Å². The molecule has 0 amide bonds. The quantitative estimate of drug-likeness (QED) is 0.763. The van der Waals surface area contributed by atoms with Crippen LogP contribution >= 0.6 is 0 Å². The molecule has 128 valence electrons. The molecular formula is C21H17N3O2. The second kappa shape index (κ2) is 5.88. The molecule has 2 aromatic carbocycles.